The van der Waals surface area contributed by atoms with E-state index in [1.807, 2.05) is 12.2 Å². The standard InChI is InChI=1S/C30H31F6N3O3S/c1-42-19-26(41)39-16-10-20(11-17-39)37-21-6-5-7-22(18-21)43-25-9-8-23(24(40)12-15-38-13-3-2-4-14-38)27(29(31,32)33)28(25)30(34,35)36/h2-3,5-9,12,15,18,20,37H,4,10-11,13-14,16-17,19H2,1H3. The SMILES string of the molecule is COCC(=O)N1CCC(Nc2cccc(Sc3ccc(C(=O)C=CN4CC=CCC4)c(C(F)(F)F)c3C(F)(F)F)c2)CC1. The molecule has 4 rings (SSSR count). The second kappa shape index (κ2) is 13.9. The summed E-state index contributed by atoms with van der Waals surface area (Å²) in [4.78, 5) is 27.8. The number of anilines is 1. The van der Waals surface area contributed by atoms with Crippen molar-refractivity contribution < 1.29 is 40.7 Å². The number of rotatable bonds is 9. The van der Waals surface area contributed by atoms with E-state index in [4.69, 9.17) is 4.74 Å². The van der Waals surface area contributed by atoms with Gasteiger partial charge in [0.05, 0.1) is 11.1 Å². The third-order valence-electron chi connectivity index (χ3n) is 7.07. The largest absolute Gasteiger partial charge is 0.418 e. The van der Waals surface area contributed by atoms with Crippen molar-refractivity contribution >= 4 is 29.1 Å². The monoisotopic (exact) mass is 627 g/mol. The number of carbonyl (C=O) groups excluding carboxylic acids is 2. The van der Waals surface area contributed by atoms with Crippen molar-refractivity contribution in [3.63, 3.8) is 0 Å². The van der Waals surface area contributed by atoms with Gasteiger partial charge >= 0.3 is 12.4 Å². The van der Waals surface area contributed by atoms with Crippen molar-refractivity contribution in [1.29, 1.82) is 0 Å². The summed E-state index contributed by atoms with van der Waals surface area (Å²) in [5.41, 5.74) is -4.36. The lowest BCUT2D eigenvalue weighted by Gasteiger charge is -2.32. The van der Waals surface area contributed by atoms with Gasteiger partial charge in [-0.15, -0.1) is 0 Å². The number of ether oxygens (including phenoxy) is 1. The van der Waals surface area contributed by atoms with Crippen molar-refractivity contribution in [3.8, 4) is 0 Å². The molecule has 43 heavy (non-hydrogen) atoms. The van der Waals surface area contributed by atoms with Gasteiger partial charge in [-0.1, -0.05) is 30.0 Å². The zero-order valence-electron chi connectivity index (χ0n) is 23.3. The molecule has 1 fully saturated rings. The van der Waals surface area contributed by atoms with Crippen molar-refractivity contribution in [2.24, 2.45) is 0 Å². The first kappa shape index (κ1) is 32.5. The van der Waals surface area contributed by atoms with Crippen LogP contribution in [0.25, 0.3) is 0 Å². The summed E-state index contributed by atoms with van der Waals surface area (Å²) in [6, 6.07) is 8.10. The van der Waals surface area contributed by atoms with Gasteiger partial charge in [0.15, 0.2) is 5.78 Å². The summed E-state index contributed by atoms with van der Waals surface area (Å²) in [5, 5.41) is 3.30. The van der Waals surface area contributed by atoms with Gasteiger partial charge < -0.3 is 19.9 Å². The quantitative estimate of drug-likeness (QED) is 0.142. The van der Waals surface area contributed by atoms with Crippen LogP contribution in [0.5, 0.6) is 0 Å². The van der Waals surface area contributed by atoms with Crippen LogP contribution in [0, 0.1) is 0 Å². The van der Waals surface area contributed by atoms with Crippen LogP contribution < -0.4 is 5.32 Å². The van der Waals surface area contributed by atoms with E-state index >= 15 is 0 Å². The third-order valence-corrected chi connectivity index (χ3v) is 8.12. The maximum atomic E-state index is 14.3. The number of nitrogens with one attached hydrogen (secondary N) is 1. The number of allylic oxidation sites excluding steroid dienone is 1. The van der Waals surface area contributed by atoms with Crippen LogP contribution in [0.2, 0.25) is 0 Å². The molecule has 2 aromatic rings. The van der Waals surface area contributed by atoms with Crippen molar-refractivity contribution in [2.45, 2.75) is 47.4 Å². The van der Waals surface area contributed by atoms with Gasteiger partial charge in [0.25, 0.3) is 0 Å². The number of likely N-dealkylation sites (tertiary alicyclic amines) is 1. The molecule has 2 heterocycles. The summed E-state index contributed by atoms with van der Waals surface area (Å²) in [6.07, 6.45) is -2.92. The average Bonchev–Trinajstić information content (AvgIpc) is 2.96. The zero-order chi connectivity index (χ0) is 31.2. The smallest absolute Gasteiger partial charge is 0.382 e. The van der Waals surface area contributed by atoms with E-state index in [0.717, 1.165) is 18.2 Å². The molecule has 0 spiro atoms. The number of benzene rings is 2. The molecule has 1 saturated heterocycles. The highest BCUT2D eigenvalue weighted by Crippen LogP contribution is 2.48. The molecule has 232 valence electrons. The molecular weight excluding hydrogens is 596 g/mol. The molecule has 0 aliphatic carbocycles. The lowest BCUT2D eigenvalue weighted by atomic mass is 9.96. The molecule has 0 radical (unpaired) electrons. The van der Waals surface area contributed by atoms with Crippen LogP contribution in [0.1, 0.15) is 40.7 Å². The first-order chi connectivity index (χ1) is 20.4. The molecule has 0 unspecified atom stereocenters. The Morgan fingerprint density at radius 3 is 2.35 bits per heavy atom. The van der Waals surface area contributed by atoms with Gasteiger partial charge in [0.2, 0.25) is 5.91 Å². The van der Waals surface area contributed by atoms with Crippen molar-refractivity contribution in [2.75, 3.05) is 45.2 Å². The molecule has 1 N–H and O–H groups in total. The van der Waals surface area contributed by atoms with Crippen LogP contribution in [0.15, 0.2) is 70.6 Å². The minimum absolute atomic E-state index is 0.00437. The topological polar surface area (TPSA) is 61.9 Å². The lowest BCUT2D eigenvalue weighted by Crippen LogP contribution is -2.43. The molecule has 6 nitrogen and oxygen atoms in total. The molecule has 0 bridgehead atoms. The number of alkyl halides is 6. The Bertz CT molecular complexity index is 1370. The van der Waals surface area contributed by atoms with Crippen LogP contribution >= 0.6 is 11.8 Å². The van der Waals surface area contributed by atoms with E-state index in [0.29, 0.717) is 62.9 Å². The van der Waals surface area contributed by atoms with Crippen LogP contribution in [-0.2, 0) is 21.9 Å². The second-order valence-electron chi connectivity index (χ2n) is 10.2. The number of carbonyl (C=O) groups is 2. The average molecular weight is 628 g/mol. The van der Waals surface area contributed by atoms with E-state index in [1.165, 1.54) is 19.4 Å². The van der Waals surface area contributed by atoms with Gasteiger partial charge in [0, 0.05) is 72.6 Å². The Balaban J connectivity index is 1.57. The highest BCUT2D eigenvalue weighted by molar-refractivity contribution is 7.99. The predicted octanol–water partition coefficient (Wildman–Crippen LogP) is 6.88. The number of piperidine rings is 1. The van der Waals surface area contributed by atoms with E-state index in [1.54, 1.807) is 28.0 Å². The van der Waals surface area contributed by atoms with Gasteiger partial charge in [-0.3, -0.25) is 9.59 Å². The summed E-state index contributed by atoms with van der Waals surface area (Å²) < 4.78 is 90.4. The highest BCUT2D eigenvalue weighted by Gasteiger charge is 2.47. The first-order valence-corrected chi connectivity index (χ1v) is 14.4. The Labute approximate surface area is 249 Å². The number of hydrogen-bond acceptors (Lipinski definition) is 6. The number of hydrogen-bond donors (Lipinski definition) is 1. The van der Waals surface area contributed by atoms with Gasteiger partial charge in [-0.2, -0.15) is 26.3 Å². The fourth-order valence-electron chi connectivity index (χ4n) is 5.01. The number of halogens is 6. The maximum Gasteiger partial charge on any atom is 0.418 e. The molecule has 0 aromatic heterocycles. The lowest BCUT2D eigenvalue weighted by molar-refractivity contribution is -0.163. The number of methoxy groups -OCH3 is 1. The van der Waals surface area contributed by atoms with Crippen LogP contribution in [-0.4, -0.2) is 67.4 Å². The minimum Gasteiger partial charge on any atom is -0.382 e. The Morgan fingerprint density at radius 1 is 1.00 bits per heavy atom. The molecule has 2 aromatic carbocycles. The Morgan fingerprint density at radius 2 is 1.72 bits per heavy atom. The van der Waals surface area contributed by atoms with E-state index < -0.39 is 39.7 Å². The fourth-order valence-corrected chi connectivity index (χ4v) is 6.05. The van der Waals surface area contributed by atoms with Gasteiger partial charge in [-0.05, 0) is 49.6 Å². The number of amides is 1. The maximum absolute atomic E-state index is 14.3. The van der Waals surface area contributed by atoms with Crippen molar-refractivity contribution in [1.82, 2.24) is 9.80 Å². The Kier molecular flexibility index (Phi) is 10.5. The predicted molar refractivity (Wildman–Crippen MR) is 151 cm³/mol. The van der Waals surface area contributed by atoms with Crippen LogP contribution in [0.4, 0.5) is 32.0 Å². The third kappa shape index (κ3) is 8.56. The second-order valence-corrected chi connectivity index (χ2v) is 11.3. The number of ketones is 1. The summed E-state index contributed by atoms with van der Waals surface area (Å²) in [5.74, 6) is -1.27. The van der Waals surface area contributed by atoms with Crippen LogP contribution in [0.3, 0.4) is 0 Å². The van der Waals surface area contributed by atoms with E-state index in [-0.39, 0.29) is 23.5 Å². The van der Waals surface area contributed by atoms with Gasteiger partial charge in [-0.25, -0.2) is 0 Å². The zero-order valence-corrected chi connectivity index (χ0v) is 24.1. The van der Waals surface area contributed by atoms with E-state index in [9.17, 15) is 35.9 Å². The fraction of sp³-hybridized carbons (Fsp3) is 0.400. The molecule has 1 amide bonds. The Hall–Kier alpha value is -3.45. The molecule has 13 heteroatoms. The van der Waals surface area contributed by atoms with Crippen molar-refractivity contribution in [3.05, 3.63) is 77.5 Å². The minimum atomic E-state index is -5.43. The molecule has 2 aliphatic heterocycles. The molecule has 0 saturated carbocycles. The van der Waals surface area contributed by atoms with E-state index in [2.05, 4.69) is 5.32 Å². The summed E-state index contributed by atoms with van der Waals surface area (Å²) in [7, 11) is 1.44. The highest BCUT2D eigenvalue weighted by atomic mass is 32.2. The number of nitrogens with zero attached hydrogens (tertiary/aromatic N) is 2. The summed E-state index contributed by atoms with van der Waals surface area (Å²) in [6.45, 7) is 2.00. The molecule has 2 aliphatic rings. The molecule has 0 atom stereocenters. The first-order valence-electron chi connectivity index (χ1n) is 13.6. The summed E-state index contributed by atoms with van der Waals surface area (Å²) >= 11 is 0.542. The van der Waals surface area contributed by atoms with Gasteiger partial charge in [0.1, 0.15) is 6.61 Å². The normalized spacial score (nSPS) is 16.6. The molecular formula is C30H31F6N3O3S.